The molecular formula is C6H12N4O6. The summed E-state index contributed by atoms with van der Waals surface area (Å²) in [5.74, 6) is 0. The van der Waals surface area contributed by atoms with E-state index in [1.165, 1.54) is 5.32 Å². The van der Waals surface area contributed by atoms with Crippen molar-refractivity contribution in [1.82, 2.24) is 5.32 Å². The molecule has 0 aromatic carbocycles. The number of hydrogen-bond donors (Lipinski definition) is 5. The zero-order valence-electron chi connectivity index (χ0n) is 8.35. The third kappa shape index (κ3) is 63.8. The molecule has 16 heavy (non-hydrogen) atoms. The monoisotopic (exact) mass is 236 g/mol. The number of hydrogen-bond acceptors (Lipinski definition) is 6. The van der Waals surface area contributed by atoms with E-state index in [4.69, 9.17) is 15.3 Å². The number of nitrogens with one attached hydrogen (secondary N) is 2. The minimum Gasteiger partial charge on any atom is -0.465 e. The van der Waals surface area contributed by atoms with Gasteiger partial charge >= 0.3 is 18.2 Å². The smallest absolute Gasteiger partial charge is 0.412 e. The fourth-order valence-corrected chi connectivity index (χ4v) is 0.248. The van der Waals surface area contributed by atoms with Gasteiger partial charge in [-0.2, -0.15) is 0 Å². The lowest BCUT2D eigenvalue weighted by atomic mass is 10.9. The molecule has 0 atom stereocenters. The quantitative estimate of drug-likeness (QED) is 0.296. The average Bonchev–Trinajstić information content (AvgIpc) is 2.02. The molecule has 92 valence electrons. The summed E-state index contributed by atoms with van der Waals surface area (Å²) in [5.41, 5.74) is 8.90. The summed E-state index contributed by atoms with van der Waals surface area (Å²) in [6, 6.07) is -1.06. The van der Waals surface area contributed by atoms with Gasteiger partial charge < -0.3 is 21.3 Å². The Morgan fingerprint density at radius 3 is 1.81 bits per heavy atom. The van der Waals surface area contributed by atoms with E-state index in [9.17, 15) is 14.4 Å². The summed E-state index contributed by atoms with van der Waals surface area (Å²) in [4.78, 5) is 36.9. The van der Waals surface area contributed by atoms with E-state index in [1.807, 2.05) is 0 Å². The molecule has 0 aromatic heterocycles. The molecule has 0 heterocycles. The number of rotatable bonds is 1. The fraction of sp³-hybridized carbons (Fsp3) is 0.333. The molecule has 0 saturated carbocycles. The summed E-state index contributed by atoms with van der Waals surface area (Å²) in [6.07, 6.45) is -1.40. The first-order valence-electron chi connectivity index (χ1n) is 3.57. The minimum absolute atomic E-state index is 0.356. The molecule has 0 fully saturated rings. The van der Waals surface area contributed by atoms with Crippen LogP contribution in [-0.2, 0) is 9.53 Å². The number of ether oxygens (including phenoxy) is 1. The lowest BCUT2D eigenvalue weighted by molar-refractivity contribution is 0.163. The van der Waals surface area contributed by atoms with Gasteiger partial charge in [0.2, 0.25) is 6.08 Å². The van der Waals surface area contributed by atoms with Gasteiger partial charge in [-0.1, -0.05) is 0 Å². The molecule has 0 rings (SSSR count). The first-order valence-corrected chi connectivity index (χ1v) is 3.57. The molecule has 0 bridgehead atoms. The van der Waals surface area contributed by atoms with Crippen LogP contribution in [0, 0.1) is 5.41 Å². The van der Waals surface area contributed by atoms with Crippen LogP contribution >= 0.6 is 0 Å². The number of imide groups is 1. The van der Waals surface area contributed by atoms with Crippen LogP contribution in [0.2, 0.25) is 0 Å². The van der Waals surface area contributed by atoms with Gasteiger partial charge in [0.25, 0.3) is 0 Å². The second-order valence-corrected chi connectivity index (χ2v) is 1.65. The number of carboxylic acid groups (broad SMARTS) is 1. The molecule has 0 saturated heterocycles. The second kappa shape index (κ2) is 14.9. The standard InChI is InChI=1S/C3H7NO2.C2H4N2O3.CHNO/c1-2-6-3(4)5;3-1(5)4-2(6)7;2-1-3/h2H2,1H3,(H2,4,5);(H,6,7)(H3,3,4,5);2H. The topological polar surface area (TPSA) is 186 Å². The molecule has 0 radical (unpaired) electrons. The van der Waals surface area contributed by atoms with Crippen molar-refractivity contribution in [2.75, 3.05) is 6.61 Å². The van der Waals surface area contributed by atoms with Crippen molar-refractivity contribution in [3.63, 3.8) is 0 Å². The van der Waals surface area contributed by atoms with E-state index in [1.54, 1.807) is 6.92 Å². The maximum atomic E-state index is 9.60. The summed E-state index contributed by atoms with van der Waals surface area (Å²) >= 11 is 0. The van der Waals surface area contributed by atoms with Gasteiger partial charge in [0, 0.05) is 0 Å². The van der Waals surface area contributed by atoms with Crippen molar-refractivity contribution < 1.29 is 29.0 Å². The SMILES string of the molecule is CCOC(N)=O.N=C=O.NC(=O)NC(=O)O. The van der Waals surface area contributed by atoms with Gasteiger partial charge in [0.05, 0.1) is 6.61 Å². The van der Waals surface area contributed by atoms with Gasteiger partial charge in [0.15, 0.2) is 0 Å². The highest BCUT2D eigenvalue weighted by Gasteiger charge is 1.94. The maximum Gasteiger partial charge on any atom is 0.412 e. The van der Waals surface area contributed by atoms with Crippen LogP contribution < -0.4 is 16.8 Å². The Labute approximate surface area is 90.0 Å². The third-order valence-corrected chi connectivity index (χ3v) is 0.517. The predicted octanol–water partition coefficient (Wildman–Crippen LogP) is -0.665. The lowest BCUT2D eigenvalue weighted by Crippen LogP contribution is -2.33. The van der Waals surface area contributed by atoms with Crippen LogP contribution in [0.1, 0.15) is 6.92 Å². The van der Waals surface area contributed by atoms with Gasteiger partial charge in [-0.05, 0) is 6.92 Å². The molecular weight excluding hydrogens is 224 g/mol. The minimum atomic E-state index is -1.44. The molecule has 10 heteroatoms. The summed E-state index contributed by atoms with van der Waals surface area (Å²) in [6.45, 7) is 2.06. The van der Waals surface area contributed by atoms with Crippen LogP contribution in [-0.4, -0.2) is 36.0 Å². The highest BCUT2D eigenvalue weighted by atomic mass is 16.5. The zero-order chi connectivity index (χ0) is 13.6. The summed E-state index contributed by atoms with van der Waals surface area (Å²) < 4.78 is 4.18. The summed E-state index contributed by atoms with van der Waals surface area (Å²) in [7, 11) is 0. The van der Waals surface area contributed by atoms with E-state index in [0.29, 0.717) is 6.61 Å². The van der Waals surface area contributed by atoms with Crippen molar-refractivity contribution in [2.24, 2.45) is 11.5 Å². The number of amides is 4. The first kappa shape index (κ1) is 19.0. The Kier molecular flexibility index (Phi) is 17.7. The van der Waals surface area contributed by atoms with Crippen molar-refractivity contribution in [1.29, 1.82) is 5.41 Å². The van der Waals surface area contributed by atoms with Crippen molar-refractivity contribution in [3.05, 3.63) is 0 Å². The number of primary amides is 2. The van der Waals surface area contributed by atoms with Crippen LogP contribution in [0.15, 0.2) is 0 Å². The van der Waals surface area contributed by atoms with Crippen molar-refractivity contribution >= 4 is 24.3 Å². The molecule has 7 N–H and O–H groups in total. The molecule has 0 aliphatic rings. The zero-order valence-corrected chi connectivity index (χ0v) is 8.35. The number of isocyanates is 1. The molecule has 10 nitrogen and oxygen atoms in total. The molecule has 4 amide bonds. The van der Waals surface area contributed by atoms with Gasteiger partial charge in [0.1, 0.15) is 0 Å². The number of urea groups is 1. The molecule has 0 spiro atoms. The van der Waals surface area contributed by atoms with Gasteiger partial charge in [-0.15, -0.1) is 0 Å². The van der Waals surface area contributed by atoms with Gasteiger partial charge in [-0.25, -0.2) is 29.9 Å². The van der Waals surface area contributed by atoms with Crippen molar-refractivity contribution in [2.45, 2.75) is 6.92 Å². The summed E-state index contributed by atoms with van der Waals surface area (Å²) in [5, 5.41) is 14.4. The van der Waals surface area contributed by atoms with Gasteiger partial charge in [-0.3, -0.25) is 0 Å². The first-order chi connectivity index (χ1) is 7.31. The van der Waals surface area contributed by atoms with E-state index >= 15 is 0 Å². The van der Waals surface area contributed by atoms with Crippen LogP contribution in [0.3, 0.4) is 0 Å². The highest BCUT2D eigenvalue weighted by molar-refractivity contribution is 5.88. The number of carbonyl (C=O) groups excluding carboxylic acids is 3. The van der Waals surface area contributed by atoms with E-state index in [2.05, 4.69) is 16.2 Å². The maximum absolute atomic E-state index is 9.60. The van der Waals surface area contributed by atoms with E-state index < -0.39 is 18.2 Å². The average molecular weight is 236 g/mol. The lowest BCUT2D eigenvalue weighted by Gasteiger charge is -1.89. The third-order valence-electron chi connectivity index (χ3n) is 0.517. The normalized spacial score (nSPS) is 6.56. The Balaban J connectivity index is -0.000000172. The molecule has 0 aliphatic heterocycles. The Morgan fingerprint density at radius 1 is 1.44 bits per heavy atom. The largest absolute Gasteiger partial charge is 0.465 e. The van der Waals surface area contributed by atoms with E-state index in [0.717, 1.165) is 6.08 Å². The second-order valence-electron chi connectivity index (χ2n) is 1.65. The Morgan fingerprint density at radius 2 is 1.81 bits per heavy atom. The fourth-order valence-electron chi connectivity index (χ4n) is 0.248. The molecule has 0 unspecified atom stereocenters. The van der Waals surface area contributed by atoms with Crippen LogP contribution in [0.4, 0.5) is 14.4 Å². The van der Waals surface area contributed by atoms with Crippen LogP contribution in [0.25, 0.3) is 0 Å². The number of carbonyl (C=O) groups is 3. The Bertz CT molecular complexity index is 248. The van der Waals surface area contributed by atoms with Crippen molar-refractivity contribution in [3.8, 4) is 0 Å². The Hall–Kier alpha value is -2.61. The molecule has 0 aliphatic carbocycles. The number of nitrogens with two attached hydrogens (primary N) is 2. The molecule has 0 aromatic rings. The predicted molar refractivity (Wildman–Crippen MR) is 50.4 cm³/mol. The highest BCUT2D eigenvalue weighted by Crippen LogP contribution is 1.66. The van der Waals surface area contributed by atoms with E-state index in [-0.39, 0.29) is 0 Å². The van der Waals surface area contributed by atoms with Crippen LogP contribution in [0.5, 0.6) is 0 Å².